The van der Waals surface area contributed by atoms with Crippen molar-refractivity contribution in [1.82, 2.24) is 25.6 Å². The van der Waals surface area contributed by atoms with Crippen molar-refractivity contribution < 1.29 is 9.53 Å². The Morgan fingerprint density at radius 1 is 1.21 bits per heavy atom. The molecule has 0 atom stereocenters. The largest absolute Gasteiger partial charge is 0.484 e. The molecule has 1 aromatic heterocycles. The Bertz CT molecular complexity index is 977. The standard InChI is InChI=1S/C19H19ClN6O2/c1-12-8-17(9-13(2)19(12)20)28-10-18(27)23-22-14(3)15-4-6-16(7-5-15)26-11-21-24-25-26/h4-9,11H,10H2,1-3H3,(H,23,27)/b22-14+. The average Bonchev–Trinajstić information content (AvgIpc) is 3.23. The summed E-state index contributed by atoms with van der Waals surface area (Å²) < 4.78 is 7.07. The van der Waals surface area contributed by atoms with Crippen LogP contribution in [0.15, 0.2) is 47.8 Å². The van der Waals surface area contributed by atoms with Gasteiger partial charge in [0.2, 0.25) is 0 Å². The zero-order valence-electron chi connectivity index (χ0n) is 15.7. The molecule has 0 bridgehead atoms. The fourth-order valence-electron chi connectivity index (χ4n) is 2.52. The van der Waals surface area contributed by atoms with E-state index in [-0.39, 0.29) is 12.5 Å². The van der Waals surface area contributed by atoms with Crippen molar-refractivity contribution in [3.05, 3.63) is 64.4 Å². The number of aromatic nitrogens is 4. The molecule has 9 heteroatoms. The first-order valence-electron chi connectivity index (χ1n) is 8.50. The van der Waals surface area contributed by atoms with E-state index >= 15 is 0 Å². The Kier molecular flexibility index (Phi) is 6.00. The van der Waals surface area contributed by atoms with Crippen molar-refractivity contribution in [2.75, 3.05) is 6.61 Å². The third kappa shape index (κ3) is 4.72. The second-order valence-corrected chi connectivity index (χ2v) is 6.57. The van der Waals surface area contributed by atoms with E-state index in [1.54, 1.807) is 23.7 Å². The van der Waals surface area contributed by atoms with Crippen molar-refractivity contribution in [2.45, 2.75) is 20.8 Å². The van der Waals surface area contributed by atoms with E-state index in [2.05, 4.69) is 26.1 Å². The molecule has 3 rings (SSSR count). The number of hydrazone groups is 1. The lowest BCUT2D eigenvalue weighted by Gasteiger charge is -2.09. The van der Waals surface area contributed by atoms with Crippen LogP contribution in [0.5, 0.6) is 5.75 Å². The molecule has 28 heavy (non-hydrogen) atoms. The summed E-state index contributed by atoms with van der Waals surface area (Å²) in [6.07, 6.45) is 1.51. The third-order valence-electron chi connectivity index (χ3n) is 4.03. The predicted molar refractivity (Wildman–Crippen MR) is 106 cm³/mol. The first-order valence-corrected chi connectivity index (χ1v) is 8.88. The minimum atomic E-state index is -0.352. The van der Waals surface area contributed by atoms with E-state index in [9.17, 15) is 4.79 Å². The van der Waals surface area contributed by atoms with Crippen LogP contribution in [0.1, 0.15) is 23.6 Å². The molecule has 0 aliphatic carbocycles. The summed E-state index contributed by atoms with van der Waals surface area (Å²) in [5.41, 5.74) is 6.64. The van der Waals surface area contributed by atoms with Crippen LogP contribution in [0.3, 0.4) is 0 Å². The minimum absolute atomic E-state index is 0.143. The lowest BCUT2D eigenvalue weighted by atomic mass is 10.1. The molecule has 0 fully saturated rings. The number of halogens is 1. The summed E-state index contributed by atoms with van der Waals surface area (Å²) >= 11 is 6.13. The van der Waals surface area contributed by atoms with Gasteiger partial charge in [-0.2, -0.15) is 5.10 Å². The summed E-state index contributed by atoms with van der Waals surface area (Å²) in [6, 6.07) is 11.1. The number of tetrazole rings is 1. The number of nitrogens with zero attached hydrogens (tertiary/aromatic N) is 5. The van der Waals surface area contributed by atoms with Gasteiger partial charge in [0.05, 0.1) is 11.4 Å². The molecule has 0 saturated heterocycles. The lowest BCUT2D eigenvalue weighted by Crippen LogP contribution is -2.25. The Morgan fingerprint density at radius 3 is 2.50 bits per heavy atom. The molecule has 8 nitrogen and oxygen atoms in total. The molecular formula is C19H19ClN6O2. The number of carbonyl (C=O) groups excluding carboxylic acids is 1. The predicted octanol–water partition coefficient (Wildman–Crippen LogP) is 2.85. The van der Waals surface area contributed by atoms with Crippen molar-refractivity contribution in [2.24, 2.45) is 5.10 Å². The highest BCUT2D eigenvalue weighted by Crippen LogP contribution is 2.25. The summed E-state index contributed by atoms with van der Waals surface area (Å²) in [6.45, 7) is 5.44. The molecule has 3 aromatic rings. The number of rotatable bonds is 6. The fraction of sp³-hybridized carbons (Fsp3) is 0.211. The van der Waals surface area contributed by atoms with Gasteiger partial charge >= 0.3 is 0 Å². The van der Waals surface area contributed by atoms with E-state index < -0.39 is 0 Å². The Hall–Kier alpha value is -3.26. The summed E-state index contributed by atoms with van der Waals surface area (Å²) in [5.74, 6) is 0.239. The molecule has 1 amide bonds. The van der Waals surface area contributed by atoms with Crippen LogP contribution in [0.2, 0.25) is 5.02 Å². The highest BCUT2D eigenvalue weighted by Gasteiger charge is 2.07. The molecule has 0 spiro atoms. The van der Waals surface area contributed by atoms with Crippen LogP contribution in [0.25, 0.3) is 5.69 Å². The van der Waals surface area contributed by atoms with Crippen LogP contribution >= 0.6 is 11.6 Å². The van der Waals surface area contributed by atoms with Crippen molar-refractivity contribution in [3.63, 3.8) is 0 Å². The van der Waals surface area contributed by atoms with E-state index in [0.717, 1.165) is 22.4 Å². The number of nitrogens with one attached hydrogen (secondary N) is 1. The van der Waals surface area contributed by atoms with E-state index in [0.29, 0.717) is 16.5 Å². The highest BCUT2D eigenvalue weighted by atomic mass is 35.5. The van der Waals surface area contributed by atoms with E-state index in [1.807, 2.05) is 38.1 Å². The van der Waals surface area contributed by atoms with Gasteiger partial charge in [0, 0.05) is 5.02 Å². The third-order valence-corrected chi connectivity index (χ3v) is 4.62. The first kappa shape index (κ1) is 19.5. The van der Waals surface area contributed by atoms with E-state index in [4.69, 9.17) is 16.3 Å². The Morgan fingerprint density at radius 2 is 1.89 bits per heavy atom. The summed E-state index contributed by atoms with van der Waals surface area (Å²) in [4.78, 5) is 12.0. The van der Waals surface area contributed by atoms with Gasteiger partial charge in [0.15, 0.2) is 6.61 Å². The normalized spacial score (nSPS) is 11.4. The molecule has 0 radical (unpaired) electrons. The number of hydrogen-bond donors (Lipinski definition) is 1. The summed E-state index contributed by atoms with van der Waals surface area (Å²) in [7, 11) is 0. The highest BCUT2D eigenvalue weighted by molar-refractivity contribution is 6.32. The molecule has 1 N–H and O–H groups in total. The van der Waals surface area contributed by atoms with Gasteiger partial charge in [-0.3, -0.25) is 4.79 Å². The average molecular weight is 399 g/mol. The SMILES string of the molecule is C/C(=N\NC(=O)COc1cc(C)c(Cl)c(C)c1)c1ccc(-n2cnnn2)cc1. The molecule has 144 valence electrons. The fourth-order valence-corrected chi connectivity index (χ4v) is 2.63. The van der Waals surface area contributed by atoms with Crippen molar-refractivity contribution in [3.8, 4) is 11.4 Å². The maximum Gasteiger partial charge on any atom is 0.277 e. The maximum absolute atomic E-state index is 12.0. The molecule has 0 saturated carbocycles. The maximum atomic E-state index is 12.0. The molecule has 1 heterocycles. The van der Waals surface area contributed by atoms with Gasteiger partial charge in [-0.05, 0) is 72.2 Å². The number of carbonyl (C=O) groups is 1. The van der Waals surface area contributed by atoms with Gasteiger partial charge in [-0.25, -0.2) is 10.1 Å². The van der Waals surface area contributed by atoms with Crippen LogP contribution in [-0.4, -0.2) is 38.4 Å². The van der Waals surface area contributed by atoms with Crippen LogP contribution in [0.4, 0.5) is 0 Å². The van der Waals surface area contributed by atoms with E-state index in [1.165, 1.54) is 6.33 Å². The first-order chi connectivity index (χ1) is 13.4. The monoisotopic (exact) mass is 398 g/mol. The zero-order valence-corrected chi connectivity index (χ0v) is 16.4. The second-order valence-electron chi connectivity index (χ2n) is 6.19. The molecule has 2 aromatic carbocycles. The molecule has 0 unspecified atom stereocenters. The topological polar surface area (TPSA) is 94.3 Å². The molecule has 0 aliphatic rings. The number of benzene rings is 2. The number of ether oxygens (including phenoxy) is 1. The summed E-state index contributed by atoms with van der Waals surface area (Å²) in [5, 5.41) is 15.8. The van der Waals surface area contributed by atoms with Crippen LogP contribution in [0, 0.1) is 13.8 Å². The molecular weight excluding hydrogens is 380 g/mol. The van der Waals surface area contributed by atoms with Crippen molar-refractivity contribution in [1.29, 1.82) is 0 Å². The lowest BCUT2D eigenvalue weighted by molar-refractivity contribution is -0.123. The smallest absolute Gasteiger partial charge is 0.277 e. The van der Waals surface area contributed by atoms with Crippen LogP contribution in [-0.2, 0) is 4.79 Å². The van der Waals surface area contributed by atoms with Gasteiger partial charge in [-0.15, -0.1) is 5.10 Å². The number of amides is 1. The van der Waals surface area contributed by atoms with Gasteiger partial charge < -0.3 is 4.74 Å². The van der Waals surface area contributed by atoms with Gasteiger partial charge in [0.25, 0.3) is 5.91 Å². The number of aryl methyl sites for hydroxylation is 2. The minimum Gasteiger partial charge on any atom is -0.484 e. The Balaban J connectivity index is 1.56. The number of hydrogen-bond acceptors (Lipinski definition) is 6. The second kappa shape index (κ2) is 8.62. The quantitative estimate of drug-likeness (QED) is 0.509. The molecule has 0 aliphatic heterocycles. The van der Waals surface area contributed by atoms with Crippen molar-refractivity contribution >= 4 is 23.2 Å². The van der Waals surface area contributed by atoms with Gasteiger partial charge in [-0.1, -0.05) is 23.7 Å². The van der Waals surface area contributed by atoms with Crippen LogP contribution < -0.4 is 10.2 Å². The van der Waals surface area contributed by atoms with Gasteiger partial charge in [0.1, 0.15) is 12.1 Å². The zero-order chi connectivity index (χ0) is 20.1. The Labute approximate surface area is 167 Å².